The van der Waals surface area contributed by atoms with Gasteiger partial charge in [0.1, 0.15) is 0 Å². The minimum Gasteiger partial charge on any atom is -0.320 e. The van der Waals surface area contributed by atoms with E-state index in [-0.39, 0.29) is 10.0 Å². The summed E-state index contributed by atoms with van der Waals surface area (Å²) in [6, 6.07) is 10.3. The number of alkyl halides is 2. The Labute approximate surface area is 144 Å². The molecule has 0 saturated carbocycles. The third kappa shape index (κ3) is 3.63. The molecule has 0 aliphatic rings. The Balaban J connectivity index is 2.36. The minimum absolute atomic E-state index is 0.237. The zero-order valence-corrected chi connectivity index (χ0v) is 14.5. The molecule has 2 aromatic carbocycles. The maximum atomic E-state index is 13.8. The maximum absolute atomic E-state index is 13.8. The fourth-order valence-corrected chi connectivity index (χ4v) is 3.37. The van der Waals surface area contributed by atoms with E-state index in [2.05, 4.69) is 15.9 Å². The lowest BCUT2D eigenvalue weighted by Crippen LogP contribution is -2.22. The first-order valence-electron chi connectivity index (χ1n) is 6.64. The van der Waals surface area contributed by atoms with E-state index in [0.29, 0.717) is 5.56 Å². The highest BCUT2D eigenvalue weighted by atomic mass is 79.9. The van der Waals surface area contributed by atoms with Crippen LogP contribution in [0.5, 0.6) is 0 Å². The second-order valence-electron chi connectivity index (χ2n) is 5.03. The standard InChI is InChI=1S/C15H13BrF2NO4P/c16-12-8-10(6-7-11(12)15(17,18)24(21,22)23)13(19)14(20)9-4-2-1-3-5-9/h1-8,13H,19H2,(H2,21,22,23). The lowest BCUT2D eigenvalue weighted by molar-refractivity contribution is 0.0557. The van der Waals surface area contributed by atoms with Crippen molar-refractivity contribution in [2.45, 2.75) is 11.7 Å². The molecule has 0 aromatic heterocycles. The minimum atomic E-state index is -5.68. The molecule has 5 nitrogen and oxygen atoms in total. The normalized spacial score (nSPS) is 13.6. The number of rotatable bonds is 5. The summed E-state index contributed by atoms with van der Waals surface area (Å²) in [6.07, 6.45) is 0. The molecule has 0 aliphatic heterocycles. The van der Waals surface area contributed by atoms with E-state index in [0.717, 1.165) is 18.2 Å². The van der Waals surface area contributed by atoms with E-state index in [1.807, 2.05) is 0 Å². The number of ketones is 1. The summed E-state index contributed by atoms with van der Waals surface area (Å²) in [5.74, 6) is -0.406. The van der Waals surface area contributed by atoms with Gasteiger partial charge >= 0.3 is 13.3 Å². The van der Waals surface area contributed by atoms with Gasteiger partial charge in [0.15, 0.2) is 5.78 Å². The fraction of sp³-hybridized carbons (Fsp3) is 0.133. The number of carbonyl (C=O) groups excluding carboxylic acids is 1. The molecular formula is C15H13BrF2NO4P. The van der Waals surface area contributed by atoms with Gasteiger partial charge in [0, 0.05) is 15.6 Å². The molecule has 4 N–H and O–H groups in total. The maximum Gasteiger partial charge on any atom is 0.399 e. The highest BCUT2D eigenvalue weighted by Crippen LogP contribution is 2.60. The smallest absolute Gasteiger partial charge is 0.320 e. The molecule has 0 spiro atoms. The molecule has 0 bridgehead atoms. The van der Waals surface area contributed by atoms with Crippen LogP contribution < -0.4 is 5.73 Å². The summed E-state index contributed by atoms with van der Waals surface area (Å²) >= 11 is 2.86. The van der Waals surface area contributed by atoms with Crippen molar-refractivity contribution in [3.63, 3.8) is 0 Å². The van der Waals surface area contributed by atoms with Crippen LogP contribution in [-0.2, 0) is 10.2 Å². The van der Waals surface area contributed by atoms with Gasteiger partial charge < -0.3 is 15.5 Å². The van der Waals surface area contributed by atoms with Crippen molar-refractivity contribution in [3.05, 3.63) is 69.7 Å². The van der Waals surface area contributed by atoms with E-state index in [9.17, 15) is 18.1 Å². The van der Waals surface area contributed by atoms with Crippen molar-refractivity contribution >= 4 is 29.3 Å². The molecule has 2 aromatic rings. The average molecular weight is 420 g/mol. The summed E-state index contributed by atoms with van der Waals surface area (Å²) in [5, 5.41) is 0. The first kappa shape index (κ1) is 18.9. The predicted octanol–water partition coefficient (Wildman–Crippen LogP) is 3.56. The number of hydrogen-bond acceptors (Lipinski definition) is 3. The molecule has 0 aliphatic carbocycles. The molecule has 128 valence electrons. The highest BCUT2D eigenvalue weighted by molar-refractivity contribution is 9.10. The quantitative estimate of drug-likeness (QED) is 0.508. The van der Waals surface area contributed by atoms with Crippen molar-refractivity contribution in [2.75, 3.05) is 0 Å². The van der Waals surface area contributed by atoms with Crippen LogP contribution in [0, 0.1) is 0 Å². The van der Waals surface area contributed by atoms with E-state index in [1.54, 1.807) is 30.3 Å². The van der Waals surface area contributed by atoms with Crippen molar-refractivity contribution in [3.8, 4) is 0 Å². The number of benzene rings is 2. The summed E-state index contributed by atoms with van der Waals surface area (Å²) in [6.45, 7) is 0. The predicted molar refractivity (Wildman–Crippen MR) is 87.8 cm³/mol. The monoisotopic (exact) mass is 419 g/mol. The second-order valence-corrected chi connectivity index (χ2v) is 7.54. The fourth-order valence-electron chi connectivity index (χ4n) is 2.06. The Morgan fingerprint density at radius 3 is 2.25 bits per heavy atom. The number of nitrogens with two attached hydrogens (primary N) is 1. The van der Waals surface area contributed by atoms with Crippen molar-refractivity contribution in [1.82, 2.24) is 0 Å². The molecule has 0 saturated heterocycles. The average Bonchev–Trinajstić information content (AvgIpc) is 2.52. The number of halogens is 3. The van der Waals surface area contributed by atoms with Gasteiger partial charge in [0.25, 0.3) is 0 Å². The van der Waals surface area contributed by atoms with E-state index in [1.165, 1.54) is 0 Å². The van der Waals surface area contributed by atoms with Crippen molar-refractivity contribution in [1.29, 1.82) is 0 Å². The molecule has 0 fully saturated rings. The molecule has 0 heterocycles. The SMILES string of the molecule is NC(C(=O)c1ccccc1)c1ccc(C(F)(F)P(=O)(O)O)c(Br)c1. The molecule has 0 amide bonds. The third-order valence-electron chi connectivity index (χ3n) is 3.38. The van der Waals surface area contributed by atoms with Crippen LogP contribution in [0.25, 0.3) is 0 Å². The van der Waals surface area contributed by atoms with Crippen LogP contribution in [-0.4, -0.2) is 15.6 Å². The van der Waals surface area contributed by atoms with Gasteiger partial charge in [-0.25, -0.2) is 0 Å². The lowest BCUT2D eigenvalue weighted by atomic mass is 9.97. The molecule has 0 radical (unpaired) electrons. The van der Waals surface area contributed by atoms with Crippen LogP contribution in [0.1, 0.15) is 27.5 Å². The van der Waals surface area contributed by atoms with Gasteiger partial charge in [-0.2, -0.15) is 8.78 Å². The first-order chi connectivity index (χ1) is 11.1. The van der Waals surface area contributed by atoms with E-state index < -0.39 is 30.6 Å². The van der Waals surface area contributed by atoms with Crippen molar-refractivity contribution in [2.24, 2.45) is 5.73 Å². The molecule has 2 rings (SSSR count). The largest absolute Gasteiger partial charge is 0.399 e. The zero-order chi connectivity index (χ0) is 18.1. The first-order valence-corrected chi connectivity index (χ1v) is 9.04. The van der Waals surface area contributed by atoms with Gasteiger partial charge in [0.05, 0.1) is 6.04 Å². The van der Waals surface area contributed by atoms with Gasteiger partial charge in [-0.15, -0.1) is 0 Å². The Kier molecular flexibility index (Phi) is 5.37. The molecule has 9 heteroatoms. The second kappa shape index (κ2) is 6.82. The molecule has 1 atom stereocenters. The third-order valence-corrected chi connectivity index (χ3v) is 5.01. The van der Waals surface area contributed by atoms with E-state index >= 15 is 0 Å². The van der Waals surface area contributed by atoms with Crippen molar-refractivity contribution < 1.29 is 27.9 Å². The van der Waals surface area contributed by atoms with Gasteiger partial charge in [-0.1, -0.05) is 58.4 Å². The Hall–Kier alpha value is -1.44. The topological polar surface area (TPSA) is 101 Å². The number of carbonyl (C=O) groups is 1. The Bertz CT molecular complexity index is 810. The van der Waals surface area contributed by atoms with Crippen LogP contribution in [0.4, 0.5) is 8.78 Å². The van der Waals surface area contributed by atoms with Crippen LogP contribution in [0.3, 0.4) is 0 Å². The Morgan fingerprint density at radius 1 is 1.17 bits per heavy atom. The van der Waals surface area contributed by atoms with Crippen LogP contribution in [0.15, 0.2) is 53.0 Å². The van der Waals surface area contributed by atoms with Gasteiger partial charge in [0.2, 0.25) is 0 Å². The molecule has 1 unspecified atom stereocenters. The molecule has 24 heavy (non-hydrogen) atoms. The number of Topliss-reactive ketones (excluding diaryl/α,β-unsaturated/α-hetero) is 1. The summed E-state index contributed by atoms with van der Waals surface area (Å²) < 4.78 is 38.3. The summed E-state index contributed by atoms with van der Waals surface area (Å²) in [7, 11) is -5.68. The molecular weight excluding hydrogens is 407 g/mol. The highest BCUT2D eigenvalue weighted by Gasteiger charge is 2.51. The summed E-state index contributed by atoms with van der Waals surface area (Å²) in [5.41, 5.74) is 1.25. The van der Waals surface area contributed by atoms with Gasteiger partial charge in [-0.05, 0) is 11.6 Å². The Morgan fingerprint density at radius 2 is 1.75 bits per heavy atom. The lowest BCUT2D eigenvalue weighted by Gasteiger charge is -2.20. The zero-order valence-electron chi connectivity index (χ0n) is 12.1. The van der Waals surface area contributed by atoms with E-state index in [4.69, 9.17) is 15.5 Å². The summed E-state index contributed by atoms with van der Waals surface area (Å²) in [4.78, 5) is 29.9. The number of hydrogen-bond donors (Lipinski definition) is 3. The van der Waals surface area contributed by atoms with Crippen LogP contribution >= 0.6 is 23.5 Å². The van der Waals surface area contributed by atoms with Gasteiger partial charge in [-0.3, -0.25) is 9.36 Å². The van der Waals surface area contributed by atoms with Crippen LogP contribution in [0.2, 0.25) is 0 Å².